The van der Waals surface area contributed by atoms with Crippen molar-refractivity contribution in [3.63, 3.8) is 0 Å². The maximum atomic E-state index is 12.7. The number of halogens is 1. The van der Waals surface area contributed by atoms with Gasteiger partial charge < -0.3 is 14.9 Å². The molecule has 4 rings (SSSR count). The van der Waals surface area contributed by atoms with Gasteiger partial charge in [0.15, 0.2) is 5.17 Å². The molecule has 0 atom stereocenters. The van der Waals surface area contributed by atoms with Crippen molar-refractivity contribution in [2.45, 2.75) is 6.61 Å². The number of carbonyl (C=O) groups excluding carboxylic acids is 1. The summed E-state index contributed by atoms with van der Waals surface area (Å²) in [5.41, 5.74) is 2.38. The van der Waals surface area contributed by atoms with Crippen LogP contribution in [0.1, 0.15) is 31.8 Å². The number of likely N-dealkylation sites (N-methyl/N-ethyl adjacent to an activating group) is 1. The summed E-state index contributed by atoms with van der Waals surface area (Å²) < 4.78 is 5.76. The van der Waals surface area contributed by atoms with Gasteiger partial charge in [-0.05, 0) is 77.5 Å². The standard InChI is InChI=1S/C26H19ClN2O6S/c1-29-23(30)22(36-26(29)28-19-9-7-18(8-10-19)25(33)34)13-16-4-11-21(20(27)12-16)35-14-15-2-5-17(6-3-15)24(31)32/h2-13H,14H2,1H3,(H,31,32)(H,33,34)/b22-13-,28-26?. The first-order chi connectivity index (χ1) is 17.2. The Labute approximate surface area is 215 Å². The molecule has 1 aliphatic rings. The fourth-order valence-electron chi connectivity index (χ4n) is 3.22. The van der Waals surface area contributed by atoms with Gasteiger partial charge in [-0.25, -0.2) is 14.6 Å². The van der Waals surface area contributed by atoms with Crippen molar-refractivity contribution in [1.82, 2.24) is 4.90 Å². The molecule has 1 saturated heterocycles. The number of rotatable bonds is 7. The molecule has 0 saturated carbocycles. The van der Waals surface area contributed by atoms with Crippen LogP contribution in [0.25, 0.3) is 6.08 Å². The van der Waals surface area contributed by atoms with Crippen LogP contribution in [0.5, 0.6) is 5.75 Å². The van der Waals surface area contributed by atoms with E-state index in [1.165, 1.54) is 40.9 Å². The molecule has 0 spiro atoms. The topological polar surface area (TPSA) is 117 Å². The van der Waals surface area contributed by atoms with E-state index in [4.69, 9.17) is 26.6 Å². The Hall–Kier alpha value is -4.08. The molecule has 2 N–H and O–H groups in total. The lowest BCUT2D eigenvalue weighted by Crippen LogP contribution is -2.23. The third kappa shape index (κ3) is 5.76. The fourth-order valence-corrected chi connectivity index (χ4v) is 4.45. The lowest BCUT2D eigenvalue weighted by atomic mass is 10.1. The number of thioether (sulfide) groups is 1. The molecule has 36 heavy (non-hydrogen) atoms. The monoisotopic (exact) mass is 522 g/mol. The zero-order valence-electron chi connectivity index (χ0n) is 18.8. The van der Waals surface area contributed by atoms with Crippen LogP contribution in [-0.2, 0) is 11.4 Å². The Morgan fingerprint density at radius 1 is 1.00 bits per heavy atom. The highest BCUT2D eigenvalue weighted by Gasteiger charge is 2.30. The van der Waals surface area contributed by atoms with Crippen molar-refractivity contribution in [3.8, 4) is 5.75 Å². The first-order valence-electron chi connectivity index (χ1n) is 10.6. The smallest absolute Gasteiger partial charge is 0.335 e. The second-order valence-electron chi connectivity index (χ2n) is 7.70. The van der Waals surface area contributed by atoms with Crippen LogP contribution in [0.3, 0.4) is 0 Å². The lowest BCUT2D eigenvalue weighted by molar-refractivity contribution is -0.121. The van der Waals surface area contributed by atoms with E-state index < -0.39 is 11.9 Å². The second kappa shape index (κ2) is 10.7. The van der Waals surface area contributed by atoms with Crippen LogP contribution in [0.15, 0.2) is 76.6 Å². The highest BCUT2D eigenvalue weighted by molar-refractivity contribution is 8.18. The largest absolute Gasteiger partial charge is 0.487 e. The molecule has 1 heterocycles. The van der Waals surface area contributed by atoms with Gasteiger partial charge in [0.25, 0.3) is 5.91 Å². The van der Waals surface area contributed by atoms with E-state index in [2.05, 4.69) is 4.99 Å². The summed E-state index contributed by atoms with van der Waals surface area (Å²) >= 11 is 7.59. The highest BCUT2D eigenvalue weighted by atomic mass is 35.5. The third-order valence-electron chi connectivity index (χ3n) is 5.19. The molecule has 0 aliphatic carbocycles. The number of amidine groups is 1. The van der Waals surface area contributed by atoms with E-state index in [9.17, 15) is 14.4 Å². The molecule has 10 heteroatoms. The van der Waals surface area contributed by atoms with Crippen molar-refractivity contribution >= 4 is 58.1 Å². The number of amides is 1. The van der Waals surface area contributed by atoms with Crippen LogP contribution in [0, 0.1) is 0 Å². The third-order valence-corrected chi connectivity index (χ3v) is 6.55. The molecular weight excluding hydrogens is 504 g/mol. The second-order valence-corrected chi connectivity index (χ2v) is 9.12. The molecule has 3 aromatic carbocycles. The van der Waals surface area contributed by atoms with E-state index >= 15 is 0 Å². The van der Waals surface area contributed by atoms with E-state index in [0.29, 0.717) is 32.1 Å². The minimum Gasteiger partial charge on any atom is -0.487 e. The molecule has 0 aromatic heterocycles. The summed E-state index contributed by atoms with van der Waals surface area (Å²) in [6, 6.07) is 17.6. The maximum absolute atomic E-state index is 12.7. The SMILES string of the molecule is CN1C(=O)/C(=C/c2ccc(OCc3ccc(C(=O)O)cc3)c(Cl)c2)SC1=Nc1ccc(C(=O)O)cc1. The summed E-state index contributed by atoms with van der Waals surface area (Å²) in [7, 11) is 1.62. The molecule has 1 aliphatic heterocycles. The number of hydrogen-bond donors (Lipinski definition) is 2. The molecule has 8 nitrogen and oxygen atoms in total. The van der Waals surface area contributed by atoms with Crippen LogP contribution in [0.2, 0.25) is 5.02 Å². The molecule has 1 amide bonds. The maximum Gasteiger partial charge on any atom is 0.335 e. The van der Waals surface area contributed by atoms with Gasteiger partial charge in [0, 0.05) is 7.05 Å². The van der Waals surface area contributed by atoms with Crippen LogP contribution < -0.4 is 4.74 Å². The van der Waals surface area contributed by atoms with Crippen molar-refractivity contribution in [2.24, 2.45) is 4.99 Å². The molecule has 0 unspecified atom stereocenters. The summed E-state index contributed by atoms with van der Waals surface area (Å²) in [5.74, 6) is -1.78. The first-order valence-corrected chi connectivity index (χ1v) is 11.7. The fraction of sp³-hybridized carbons (Fsp3) is 0.0769. The van der Waals surface area contributed by atoms with E-state index in [0.717, 1.165) is 5.56 Å². The normalized spacial score (nSPS) is 15.5. The first kappa shape index (κ1) is 25.0. The summed E-state index contributed by atoms with van der Waals surface area (Å²) in [6.07, 6.45) is 1.71. The zero-order chi connectivity index (χ0) is 25.8. The van der Waals surface area contributed by atoms with Gasteiger partial charge in [-0.2, -0.15) is 0 Å². The number of aromatic carboxylic acids is 2. The van der Waals surface area contributed by atoms with Crippen LogP contribution in [0.4, 0.5) is 5.69 Å². The molecule has 0 radical (unpaired) electrons. The average molecular weight is 523 g/mol. The van der Waals surface area contributed by atoms with E-state index in [1.807, 2.05) is 0 Å². The van der Waals surface area contributed by atoms with Crippen molar-refractivity contribution in [1.29, 1.82) is 0 Å². The summed E-state index contributed by atoms with van der Waals surface area (Å²) in [4.78, 5) is 41.0. The number of nitrogens with zero attached hydrogens (tertiary/aromatic N) is 2. The highest BCUT2D eigenvalue weighted by Crippen LogP contribution is 2.34. The number of hydrogen-bond acceptors (Lipinski definition) is 6. The Morgan fingerprint density at radius 3 is 2.19 bits per heavy atom. The number of ether oxygens (including phenoxy) is 1. The van der Waals surface area contributed by atoms with Crippen molar-refractivity contribution in [2.75, 3.05) is 7.05 Å². The number of aliphatic imine (C=N–C) groups is 1. The Bertz CT molecular complexity index is 1400. The number of carboxylic acids is 2. The molecule has 3 aromatic rings. The van der Waals surface area contributed by atoms with E-state index in [1.54, 1.807) is 55.6 Å². The van der Waals surface area contributed by atoms with Crippen LogP contribution >= 0.6 is 23.4 Å². The summed E-state index contributed by atoms with van der Waals surface area (Å²) in [6.45, 7) is 0.215. The van der Waals surface area contributed by atoms with E-state index in [-0.39, 0.29) is 23.6 Å². The molecular formula is C26H19ClN2O6S. The van der Waals surface area contributed by atoms with Gasteiger partial charge in [0.1, 0.15) is 12.4 Å². The predicted molar refractivity (Wildman–Crippen MR) is 138 cm³/mol. The lowest BCUT2D eigenvalue weighted by Gasteiger charge is -2.09. The number of benzene rings is 3. The minimum atomic E-state index is -1.02. The van der Waals surface area contributed by atoms with Gasteiger partial charge in [-0.1, -0.05) is 29.8 Å². The van der Waals surface area contributed by atoms with Crippen LogP contribution in [-0.4, -0.2) is 45.2 Å². The van der Waals surface area contributed by atoms with Gasteiger partial charge >= 0.3 is 11.9 Å². The Morgan fingerprint density at radius 2 is 1.61 bits per heavy atom. The molecule has 182 valence electrons. The van der Waals surface area contributed by atoms with Gasteiger partial charge in [-0.15, -0.1) is 0 Å². The quantitative estimate of drug-likeness (QED) is 0.391. The Kier molecular flexibility index (Phi) is 7.42. The Balaban J connectivity index is 1.45. The predicted octanol–water partition coefficient (Wildman–Crippen LogP) is 5.55. The van der Waals surface area contributed by atoms with Gasteiger partial charge in [0.2, 0.25) is 0 Å². The number of carbonyl (C=O) groups is 3. The number of carboxylic acid groups (broad SMARTS) is 2. The minimum absolute atomic E-state index is 0.156. The molecule has 1 fully saturated rings. The summed E-state index contributed by atoms with van der Waals surface area (Å²) in [5, 5.41) is 18.8. The molecule has 0 bridgehead atoms. The van der Waals surface area contributed by atoms with Crippen molar-refractivity contribution < 1.29 is 29.3 Å². The zero-order valence-corrected chi connectivity index (χ0v) is 20.4. The van der Waals surface area contributed by atoms with Gasteiger partial charge in [0.05, 0.1) is 26.7 Å². The average Bonchev–Trinajstić information content (AvgIpc) is 3.11. The van der Waals surface area contributed by atoms with Crippen molar-refractivity contribution in [3.05, 3.63) is 98.9 Å². The van der Waals surface area contributed by atoms with Gasteiger partial charge in [-0.3, -0.25) is 9.69 Å².